The summed E-state index contributed by atoms with van der Waals surface area (Å²) in [4.78, 5) is 11.4. The third-order valence-corrected chi connectivity index (χ3v) is 3.90. The van der Waals surface area contributed by atoms with Crippen LogP contribution in [0.25, 0.3) is 0 Å². The molecular formula is C14H17NO2. The number of hydrogen-bond donors (Lipinski definition) is 2. The van der Waals surface area contributed by atoms with E-state index in [2.05, 4.69) is 11.4 Å². The van der Waals surface area contributed by atoms with Gasteiger partial charge in [0.25, 0.3) is 0 Å². The highest BCUT2D eigenvalue weighted by Gasteiger charge is 2.39. The predicted molar refractivity (Wildman–Crippen MR) is 66.3 cm³/mol. The van der Waals surface area contributed by atoms with Gasteiger partial charge in [-0.1, -0.05) is 12.1 Å². The summed E-state index contributed by atoms with van der Waals surface area (Å²) in [5.41, 5.74) is 3.15. The van der Waals surface area contributed by atoms with Crippen LogP contribution < -0.4 is 5.32 Å². The van der Waals surface area contributed by atoms with Gasteiger partial charge in [0.15, 0.2) is 0 Å². The van der Waals surface area contributed by atoms with E-state index in [1.54, 1.807) is 0 Å². The van der Waals surface area contributed by atoms with Gasteiger partial charge in [0.05, 0.1) is 5.92 Å². The van der Waals surface area contributed by atoms with Crippen molar-refractivity contribution in [1.29, 1.82) is 0 Å². The van der Waals surface area contributed by atoms with Gasteiger partial charge in [-0.05, 0) is 49.3 Å². The maximum absolute atomic E-state index is 11.4. The van der Waals surface area contributed by atoms with Crippen molar-refractivity contribution < 1.29 is 9.90 Å². The molecule has 3 heteroatoms. The van der Waals surface area contributed by atoms with Gasteiger partial charge in [-0.3, -0.25) is 4.79 Å². The fourth-order valence-electron chi connectivity index (χ4n) is 2.78. The number of benzene rings is 1. The van der Waals surface area contributed by atoms with Crippen LogP contribution in [-0.4, -0.2) is 17.1 Å². The standard InChI is InChI=1S/C14H17NO2/c1-8-2-5-10-11(14(16)17)7-12(9-3-4-9)15-13(10)6-8/h2,5-6,9,11-12,15H,3-4,7H2,1H3,(H,16,17). The second-order valence-corrected chi connectivity index (χ2v) is 5.31. The van der Waals surface area contributed by atoms with Crippen LogP contribution in [0.2, 0.25) is 0 Å². The van der Waals surface area contributed by atoms with Gasteiger partial charge in [0.2, 0.25) is 0 Å². The number of aryl methyl sites for hydroxylation is 1. The molecule has 90 valence electrons. The van der Waals surface area contributed by atoms with Crippen molar-refractivity contribution in [2.24, 2.45) is 5.92 Å². The van der Waals surface area contributed by atoms with E-state index in [9.17, 15) is 9.90 Å². The maximum Gasteiger partial charge on any atom is 0.311 e. The zero-order valence-electron chi connectivity index (χ0n) is 9.94. The molecule has 0 radical (unpaired) electrons. The molecular weight excluding hydrogens is 214 g/mol. The van der Waals surface area contributed by atoms with Gasteiger partial charge < -0.3 is 10.4 Å². The van der Waals surface area contributed by atoms with Gasteiger partial charge in [0, 0.05) is 11.7 Å². The smallest absolute Gasteiger partial charge is 0.311 e. The number of rotatable bonds is 2. The van der Waals surface area contributed by atoms with Gasteiger partial charge >= 0.3 is 5.97 Å². The molecule has 1 fully saturated rings. The molecule has 1 heterocycles. The minimum absolute atomic E-state index is 0.336. The number of carboxylic acids is 1. The summed E-state index contributed by atoms with van der Waals surface area (Å²) < 4.78 is 0. The Labute approximate surface area is 101 Å². The largest absolute Gasteiger partial charge is 0.481 e. The molecule has 2 aliphatic rings. The Hall–Kier alpha value is -1.51. The lowest BCUT2D eigenvalue weighted by molar-refractivity contribution is -0.139. The first-order valence-corrected chi connectivity index (χ1v) is 6.25. The minimum Gasteiger partial charge on any atom is -0.481 e. The van der Waals surface area contributed by atoms with Crippen LogP contribution in [0.1, 0.15) is 36.3 Å². The summed E-state index contributed by atoms with van der Waals surface area (Å²) in [5, 5.41) is 12.9. The van der Waals surface area contributed by atoms with Crippen LogP contribution in [0.5, 0.6) is 0 Å². The number of hydrogen-bond acceptors (Lipinski definition) is 2. The first kappa shape index (κ1) is 10.6. The number of carboxylic acid groups (broad SMARTS) is 1. The Morgan fingerprint density at radius 1 is 1.41 bits per heavy atom. The molecule has 0 spiro atoms. The lowest BCUT2D eigenvalue weighted by atomic mass is 9.85. The molecule has 0 bridgehead atoms. The molecule has 2 N–H and O–H groups in total. The topological polar surface area (TPSA) is 49.3 Å². The molecule has 3 nitrogen and oxygen atoms in total. The van der Waals surface area contributed by atoms with Crippen LogP contribution in [0, 0.1) is 12.8 Å². The first-order chi connectivity index (χ1) is 8.15. The van der Waals surface area contributed by atoms with Gasteiger partial charge in [0.1, 0.15) is 0 Å². The summed E-state index contributed by atoms with van der Waals surface area (Å²) in [6.45, 7) is 2.04. The van der Waals surface area contributed by atoms with Crippen molar-refractivity contribution in [3.63, 3.8) is 0 Å². The van der Waals surface area contributed by atoms with Crippen molar-refractivity contribution in [2.45, 2.75) is 38.1 Å². The van der Waals surface area contributed by atoms with E-state index >= 15 is 0 Å². The molecule has 2 unspecified atom stereocenters. The van der Waals surface area contributed by atoms with Crippen LogP contribution in [0.15, 0.2) is 18.2 Å². The normalized spacial score (nSPS) is 27.1. The van der Waals surface area contributed by atoms with E-state index < -0.39 is 5.97 Å². The van der Waals surface area contributed by atoms with Crippen molar-refractivity contribution in [3.8, 4) is 0 Å². The summed E-state index contributed by atoms with van der Waals surface area (Å²) in [6.07, 6.45) is 3.21. The van der Waals surface area contributed by atoms with Crippen molar-refractivity contribution in [1.82, 2.24) is 0 Å². The van der Waals surface area contributed by atoms with E-state index in [1.807, 2.05) is 19.1 Å². The molecule has 1 aliphatic heterocycles. The molecule has 1 saturated carbocycles. The van der Waals surface area contributed by atoms with Crippen LogP contribution in [0.3, 0.4) is 0 Å². The summed E-state index contributed by atoms with van der Waals surface area (Å²) in [6, 6.07) is 6.37. The third-order valence-electron chi connectivity index (χ3n) is 3.90. The lowest BCUT2D eigenvalue weighted by Crippen LogP contribution is -2.32. The third kappa shape index (κ3) is 1.90. The molecule has 0 saturated heterocycles. The highest BCUT2D eigenvalue weighted by Crippen LogP contribution is 2.43. The molecule has 0 aromatic heterocycles. The van der Waals surface area contributed by atoms with Crippen LogP contribution in [-0.2, 0) is 4.79 Å². The Morgan fingerprint density at radius 3 is 2.82 bits per heavy atom. The molecule has 3 rings (SSSR count). The molecule has 1 aromatic carbocycles. The number of fused-ring (bicyclic) bond motifs is 1. The van der Waals surface area contributed by atoms with E-state index in [0.29, 0.717) is 12.0 Å². The fraction of sp³-hybridized carbons (Fsp3) is 0.500. The molecule has 1 aliphatic carbocycles. The second-order valence-electron chi connectivity index (χ2n) is 5.31. The summed E-state index contributed by atoms with van der Waals surface area (Å²) >= 11 is 0. The monoisotopic (exact) mass is 231 g/mol. The van der Waals surface area contributed by atoms with Crippen molar-refractivity contribution in [3.05, 3.63) is 29.3 Å². The maximum atomic E-state index is 11.4. The van der Waals surface area contributed by atoms with Gasteiger partial charge in [-0.2, -0.15) is 0 Å². The average molecular weight is 231 g/mol. The van der Waals surface area contributed by atoms with Crippen LogP contribution >= 0.6 is 0 Å². The Bertz CT molecular complexity index is 465. The number of anilines is 1. The highest BCUT2D eigenvalue weighted by molar-refractivity contribution is 5.80. The molecule has 2 atom stereocenters. The summed E-state index contributed by atoms with van der Waals surface area (Å²) in [5.74, 6) is -0.342. The lowest BCUT2D eigenvalue weighted by Gasteiger charge is -2.31. The Balaban J connectivity index is 1.98. The average Bonchev–Trinajstić information content (AvgIpc) is 3.10. The zero-order valence-corrected chi connectivity index (χ0v) is 9.94. The molecule has 0 amide bonds. The van der Waals surface area contributed by atoms with E-state index in [0.717, 1.165) is 17.7 Å². The fourth-order valence-corrected chi connectivity index (χ4v) is 2.78. The Morgan fingerprint density at radius 2 is 2.18 bits per heavy atom. The molecule has 17 heavy (non-hydrogen) atoms. The zero-order chi connectivity index (χ0) is 12.0. The van der Waals surface area contributed by atoms with E-state index in [1.165, 1.54) is 18.4 Å². The SMILES string of the molecule is Cc1ccc2c(c1)NC(C1CC1)CC2C(=O)O. The van der Waals surface area contributed by atoms with Crippen LogP contribution in [0.4, 0.5) is 5.69 Å². The van der Waals surface area contributed by atoms with E-state index in [-0.39, 0.29) is 5.92 Å². The number of carbonyl (C=O) groups is 1. The highest BCUT2D eigenvalue weighted by atomic mass is 16.4. The van der Waals surface area contributed by atoms with Crippen molar-refractivity contribution in [2.75, 3.05) is 5.32 Å². The number of nitrogens with one attached hydrogen (secondary N) is 1. The van der Waals surface area contributed by atoms with Gasteiger partial charge in [-0.25, -0.2) is 0 Å². The van der Waals surface area contributed by atoms with E-state index in [4.69, 9.17) is 0 Å². The predicted octanol–water partition coefficient (Wildman–Crippen LogP) is 2.76. The molecule has 1 aromatic rings. The summed E-state index contributed by atoms with van der Waals surface area (Å²) in [7, 11) is 0. The second kappa shape index (κ2) is 3.76. The number of aliphatic carboxylic acids is 1. The quantitative estimate of drug-likeness (QED) is 0.822. The van der Waals surface area contributed by atoms with Gasteiger partial charge in [-0.15, -0.1) is 0 Å². The first-order valence-electron chi connectivity index (χ1n) is 6.25. The van der Waals surface area contributed by atoms with Crippen molar-refractivity contribution >= 4 is 11.7 Å². The Kier molecular flexibility index (Phi) is 2.35. The minimum atomic E-state index is -0.692.